The van der Waals surface area contributed by atoms with Crippen molar-refractivity contribution < 1.29 is 27.8 Å². The maximum absolute atomic E-state index is 12.7. The average Bonchev–Trinajstić information content (AvgIpc) is 2.11. The van der Waals surface area contributed by atoms with Crippen molar-refractivity contribution in [2.75, 3.05) is 0 Å². The first kappa shape index (κ1) is 10.4. The van der Waals surface area contributed by atoms with E-state index in [0.29, 0.717) is 0 Å². The molecule has 1 aromatic rings. The second-order valence-corrected chi connectivity index (χ2v) is 2.32. The second-order valence-electron chi connectivity index (χ2n) is 2.32. The molecule has 1 unspecified atom stereocenters. The molecule has 0 amide bonds. The first-order chi connectivity index (χ1) is 6.52. The van der Waals surface area contributed by atoms with E-state index in [-0.39, 0.29) is 0 Å². The predicted octanol–water partition coefficient (Wildman–Crippen LogP) is 1.72. The molecule has 0 saturated heterocycles. The smallest absolute Gasteiger partial charge is 0.378 e. The minimum absolute atomic E-state index is 0.826. The molecule has 0 aromatic heterocycles. The van der Waals surface area contributed by atoms with Crippen molar-refractivity contribution in [3.63, 3.8) is 0 Å². The Morgan fingerprint density at radius 2 is 1.86 bits per heavy atom. The Labute approximate surface area is 76.7 Å². The Morgan fingerprint density at radius 1 is 1.36 bits per heavy atom. The molecule has 0 radical (unpaired) electrons. The van der Waals surface area contributed by atoms with Crippen molar-refractivity contribution in [2.45, 2.75) is 6.36 Å². The van der Waals surface area contributed by atoms with Gasteiger partial charge in [-0.05, 0) is 12.1 Å². The van der Waals surface area contributed by atoms with Gasteiger partial charge in [0.2, 0.25) is 0 Å². The van der Waals surface area contributed by atoms with E-state index in [2.05, 4.69) is 4.74 Å². The fraction of sp³-hybridized carbons (Fsp3) is 0.125. The lowest BCUT2D eigenvalue weighted by Crippen LogP contribution is -2.22. The van der Waals surface area contributed by atoms with Crippen molar-refractivity contribution >= 4 is 5.97 Å². The Kier molecular flexibility index (Phi) is 2.95. The normalized spacial score (nSPS) is 12.2. The Balaban J connectivity index is 2.91. The summed E-state index contributed by atoms with van der Waals surface area (Å²) in [6.45, 7) is 0. The lowest BCUT2D eigenvalue weighted by atomic mass is 10.3. The van der Waals surface area contributed by atoms with Crippen LogP contribution in [0.3, 0.4) is 0 Å². The van der Waals surface area contributed by atoms with Crippen molar-refractivity contribution in [3.8, 4) is 5.75 Å². The molecule has 0 saturated carbocycles. The molecule has 0 aliphatic heterocycles. The van der Waals surface area contributed by atoms with Gasteiger partial charge in [-0.25, -0.2) is 13.6 Å². The highest BCUT2D eigenvalue weighted by Crippen LogP contribution is 2.22. The van der Waals surface area contributed by atoms with E-state index >= 15 is 0 Å². The molecule has 0 fully saturated rings. The van der Waals surface area contributed by atoms with E-state index in [9.17, 15) is 18.0 Å². The number of rotatable bonds is 3. The van der Waals surface area contributed by atoms with Gasteiger partial charge in [0.1, 0.15) is 0 Å². The SMILES string of the molecule is O=C(O)C(F)Oc1c(F)cccc1F. The van der Waals surface area contributed by atoms with E-state index in [1.165, 1.54) is 0 Å². The van der Waals surface area contributed by atoms with Gasteiger partial charge in [-0.1, -0.05) is 6.07 Å². The van der Waals surface area contributed by atoms with Gasteiger partial charge in [0.05, 0.1) is 0 Å². The number of halogens is 3. The zero-order chi connectivity index (χ0) is 10.7. The number of ether oxygens (including phenoxy) is 1. The minimum atomic E-state index is -2.79. The Morgan fingerprint density at radius 3 is 2.29 bits per heavy atom. The third-order valence-electron chi connectivity index (χ3n) is 1.33. The molecule has 0 spiro atoms. The van der Waals surface area contributed by atoms with Gasteiger partial charge in [-0.15, -0.1) is 0 Å². The fourth-order valence-corrected chi connectivity index (χ4v) is 0.749. The summed E-state index contributed by atoms with van der Waals surface area (Å²) in [5, 5.41) is 8.08. The highest BCUT2D eigenvalue weighted by molar-refractivity contribution is 5.70. The number of carboxylic acid groups (broad SMARTS) is 1. The van der Waals surface area contributed by atoms with E-state index in [4.69, 9.17) is 5.11 Å². The van der Waals surface area contributed by atoms with Crippen molar-refractivity contribution in [3.05, 3.63) is 29.8 Å². The average molecular weight is 206 g/mol. The Hall–Kier alpha value is -1.72. The molecule has 0 aliphatic rings. The first-order valence-electron chi connectivity index (χ1n) is 3.50. The molecular formula is C8H5F3O3. The molecular weight excluding hydrogens is 201 g/mol. The Bertz CT molecular complexity index is 333. The summed E-state index contributed by atoms with van der Waals surface area (Å²) in [5.41, 5.74) is 0. The number of carbonyl (C=O) groups is 1. The van der Waals surface area contributed by atoms with Crippen LogP contribution in [0.4, 0.5) is 13.2 Å². The predicted molar refractivity (Wildman–Crippen MR) is 39.5 cm³/mol. The van der Waals surface area contributed by atoms with Crippen LogP contribution in [-0.2, 0) is 4.79 Å². The molecule has 1 atom stereocenters. The standard InChI is InChI=1S/C8H5F3O3/c9-4-2-1-3-5(10)6(4)14-7(11)8(12)13/h1-3,7H,(H,12,13). The van der Waals surface area contributed by atoms with E-state index in [0.717, 1.165) is 18.2 Å². The topological polar surface area (TPSA) is 46.5 Å². The van der Waals surface area contributed by atoms with E-state index < -0.39 is 29.7 Å². The number of hydrogen-bond acceptors (Lipinski definition) is 2. The van der Waals surface area contributed by atoms with E-state index in [1.807, 2.05) is 0 Å². The minimum Gasteiger partial charge on any atom is -0.476 e. The summed E-state index contributed by atoms with van der Waals surface area (Å²) in [4.78, 5) is 9.98. The molecule has 0 heterocycles. The molecule has 1 aromatic carbocycles. The summed E-state index contributed by atoms with van der Waals surface area (Å²) in [6.07, 6.45) is -2.79. The van der Waals surface area contributed by atoms with Gasteiger partial charge in [0.25, 0.3) is 0 Å². The molecule has 6 heteroatoms. The number of benzene rings is 1. The van der Waals surface area contributed by atoms with Crippen LogP contribution < -0.4 is 4.74 Å². The van der Waals surface area contributed by atoms with Crippen LogP contribution in [0.25, 0.3) is 0 Å². The molecule has 1 N–H and O–H groups in total. The third kappa shape index (κ3) is 2.15. The van der Waals surface area contributed by atoms with Crippen molar-refractivity contribution in [1.82, 2.24) is 0 Å². The summed E-state index contributed by atoms with van der Waals surface area (Å²) in [6, 6.07) is 2.70. The van der Waals surface area contributed by atoms with Crippen molar-refractivity contribution in [2.24, 2.45) is 0 Å². The fourth-order valence-electron chi connectivity index (χ4n) is 0.749. The summed E-state index contributed by atoms with van der Waals surface area (Å²) >= 11 is 0. The molecule has 0 aliphatic carbocycles. The van der Waals surface area contributed by atoms with E-state index in [1.54, 1.807) is 0 Å². The van der Waals surface area contributed by atoms with Crippen LogP contribution >= 0.6 is 0 Å². The summed E-state index contributed by atoms with van der Waals surface area (Å²) in [7, 11) is 0. The molecule has 1 rings (SSSR count). The maximum atomic E-state index is 12.7. The van der Waals surface area contributed by atoms with Crippen LogP contribution in [0.1, 0.15) is 0 Å². The number of para-hydroxylation sites is 1. The van der Waals surface area contributed by atoms with Gasteiger partial charge in [-0.3, -0.25) is 0 Å². The maximum Gasteiger partial charge on any atom is 0.378 e. The number of aliphatic carboxylic acids is 1. The van der Waals surface area contributed by atoms with Crippen LogP contribution in [0.15, 0.2) is 18.2 Å². The molecule has 3 nitrogen and oxygen atoms in total. The quantitative estimate of drug-likeness (QED) is 0.818. The van der Waals surface area contributed by atoms with Gasteiger partial charge < -0.3 is 9.84 Å². The largest absolute Gasteiger partial charge is 0.476 e. The number of alkyl halides is 1. The van der Waals surface area contributed by atoms with Crippen LogP contribution in [-0.4, -0.2) is 17.4 Å². The van der Waals surface area contributed by atoms with Crippen LogP contribution in [0.5, 0.6) is 5.75 Å². The summed E-state index contributed by atoms with van der Waals surface area (Å²) in [5.74, 6) is -5.31. The lowest BCUT2D eigenvalue weighted by Gasteiger charge is -2.08. The number of hydrogen-bond donors (Lipinski definition) is 1. The summed E-state index contributed by atoms with van der Waals surface area (Å²) < 4.78 is 41.8. The van der Waals surface area contributed by atoms with Crippen molar-refractivity contribution in [1.29, 1.82) is 0 Å². The highest BCUT2D eigenvalue weighted by atomic mass is 19.2. The van der Waals surface area contributed by atoms with Crippen LogP contribution in [0, 0.1) is 11.6 Å². The van der Waals surface area contributed by atoms with Gasteiger partial charge in [0, 0.05) is 0 Å². The van der Waals surface area contributed by atoms with Gasteiger partial charge in [-0.2, -0.15) is 4.39 Å². The van der Waals surface area contributed by atoms with Gasteiger partial charge >= 0.3 is 12.3 Å². The number of carboxylic acids is 1. The zero-order valence-corrected chi connectivity index (χ0v) is 6.71. The van der Waals surface area contributed by atoms with Gasteiger partial charge in [0.15, 0.2) is 17.4 Å². The van der Waals surface area contributed by atoms with Crippen LogP contribution in [0.2, 0.25) is 0 Å². The first-order valence-corrected chi connectivity index (χ1v) is 3.50. The molecule has 14 heavy (non-hydrogen) atoms. The molecule has 76 valence electrons. The molecule has 0 bridgehead atoms. The zero-order valence-electron chi connectivity index (χ0n) is 6.71. The second kappa shape index (κ2) is 3.99. The monoisotopic (exact) mass is 206 g/mol. The lowest BCUT2D eigenvalue weighted by molar-refractivity contribution is -0.153. The highest BCUT2D eigenvalue weighted by Gasteiger charge is 2.21. The third-order valence-corrected chi connectivity index (χ3v) is 1.33.